The molecule has 0 bridgehead atoms. The van der Waals surface area contributed by atoms with E-state index in [-0.39, 0.29) is 28.6 Å². The molecule has 3 aromatic rings. The van der Waals surface area contributed by atoms with Gasteiger partial charge in [-0.25, -0.2) is 0 Å². The first-order valence-corrected chi connectivity index (χ1v) is 7.99. The zero-order chi connectivity index (χ0) is 18.4. The van der Waals surface area contributed by atoms with Crippen molar-refractivity contribution in [2.24, 2.45) is 0 Å². The summed E-state index contributed by atoms with van der Waals surface area (Å²) in [6, 6.07) is 12.3. The largest absolute Gasteiger partial charge is 0.284 e. The number of carbonyl (C=O) groups is 2. The minimum absolute atomic E-state index is 0.0640. The van der Waals surface area contributed by atoms with Crippen molar-refractivity contribution in [3.05, 3.63) is 81.2 Å². The highest BCUT2D eigenvalue weighted by Gasteiger charge is 2.42. The quantitative estimate of drug-likeness (QED) is 0.319. The zero-order valence-corrected chi connectivity index (χ0v) is 13.7. The predicted octanol–water partition coefficient (Wildman–Crippen LogP) is 1.86. The lowest BCUT2D eigenvalue weighted by Crippen LogP contribution is -2.42. The lowest BCUT2D eigenvalue weighted by Gasteiger charge is -2.11. The number of nitro benzene ring substituents is 1. The molecule has 26 heavy (non-hydrogen) atoms. The van der Waals surface area contributed by atoms with Crippen molar-refractivity contribution in [2.75, 3.05) is 0 Å². The maximum Gasteiger partial charge on any atom is 0.269 e. The van der Waals surface area contributed by atoms with E-state index in [0.29, 0.717) is 23.4 Å². The molecule has 1 aliphatic carbocycles. The molecule has 0 atom stereocenters. The second-order valence-electron chi connectivity index (χ2n) is 5.79. The highest BCUT2D eigenvalue weighted by atomic mass is 16.6. The molecular formula is C18H13N4O4+. The maximum absolute atomic E-state index is 13.0. The molecule has 0 saturated heterocycles. The molecule has 0 saturated carbocycles. The summed E-state index contributed by atoms with van der Waals surface area (Å²) < 4.78 is 2.85. The van der Waals surface area contributed by atoms with Crippen LogP contribution >= 0.6 is 0 Å². The molecule has 2 aromatic carbocycles. The van der Waals surface area contributed by atoms with Crippen LogP contribution in [0.25, 0.3) is 5.69 Å². The SMILES string of the molecule is CC[n+]1nn(-c2ccc([N+](=O)[O-])cc2)c2c1C(=O)c1ccccc1C2=O. The molecule has 0 unspecified atom stereocenters. The average Bonchev–Trinajstić information content (AvgIpc) is 3.06. The van der Waals surface area contributed by atoms with Gasteiger partial charge in [-0.05, 0) is 19.1 Å². The number of carbonyl (C=O) groups excluding carboxylic acids is 2. The van der Waals surface area contributed by atoms with Crippen molar-refractivity contribution >= 4 is 17.3 Å². The van der Waals surface area contributed by atoms with Gasteiger partial charge in [0, 0.05) is 23.3 Å². The molecule has 1 heterocycles. The van der Waals surface area contributed by atoms with E-state index in [2.05, 4.69) is 5.21 Å². The van der Waals surface area contributed by atoms with Gasteiger partial charge in [0.05, 0.1) is 10.1 Å². The van der Waals surface area contributed by atoms with Crippen molar-refractivity contribution in [3.8, 4) is 5.69 Å². The van der Waals surface area contributed by atoms with Crippen LogP contribution in [0.1, 0.15) is 39.0 Å². The van der Waals surface area contributed by atoms with Crippen molar-refractivity contribution in [1.29, 1.82) is 0 Å². The monoisotopic (exact) mass is 349 g/mol. The first kappa shape index (κ1) is 15.8. The van der Waals surface area contributed by atoms with Gasteiger partial charge in [0.1, 0.15) is 6.54 Å². The standard InChI is InChI=1S/C18H13N4O4/c1-2-20-15-16(18(24)14-6-4-3-5-13(14)17(15)23)21(19-20)11-7-9-12(10-8-11)22(25)26/h3-10H,2H2,1H3/q+1. The van der Waals surface area contributed by atoms with Gasteiger partial charge in [0.25, 0.3) is 11.4 Å². The number of nitrogens with zero attached hydrogens (tertiary/aromatic N) is 4. The van der Waals surface area contributed by atoms with Crippen LogP contribution in [0.2, 0.25) is 0 Å². The number of aryl methyl sites for hydroxylation is 1. The Labute approximate surface area is 147 Å². The summed E-state index contributed by atoms with van der Waals surface area (Å²) in [6.07, 6.45) is 0. The van der Waals surface area contributed by atoms with Gasteiger partial charge in [-0.2, -0.15) is 0 Å². The Morgan fingerprint density at radius 3 is 2.23 bits per heavy atom. The average molecular weight is 349 g/mol. The lowest BCUT2D eigenvalue weighted by atomic mass is 9.90. The minimum Gasteiger partial charge on any atom is -0.284 e. The number of non-ortho nitro benzene ring substituents is 1. The second-order valence-corrected chi connectivity index (χ2v) is 5.79. The molecule has 0 N–H and O–H groups in total. The fourth-order valence-corrected chi connectivity index (χ4v) is 3.10. The number of ketones is 2. The topological polar surface area (TPSA) is 99.0 Å². The summed E-state index contributed by atoms with van der Waals surface area (Å²) in [5.74, 6) is -0.557. The number of aromatic nitrogens is 3. The van der Waals surface area contributed by atoms with Crippen LogP contribution in [-0.2, 0) is 6.54 Å². The first-order valence-electron chi connectivity index (χ1n) is 7.99. The van der Waals surface area contributed by atoms with E-state index < -0.39 is 4.92 Å². The number of hydrogen-bond acceptors (Lipinski definition) is 5. The number of hydrogen-bond donors (Lipinski definition) is 0. The second kappa shape index (κ2) is 5.69. The van der Waals surface area contributed by atoms with Gasteiger partial charge < -0.3 is 0 Å². The van der Waals surface area contributed by atoms with Gasteiger partial charge in [-0.1, -0.05) is 28.9 Å². The molecule has 0 fully saturated rings. The molecule has 0 spiro atoms. The van der Waals surface area contributed by atoms with E-state index >= 15 is 0 Å². The molecule has 0 aliphatic heterocycles. The third kappa shape index (κ3) is 2.16. The van der Waals surface area contributed by atoms with E-state index in [1.807, 2.05) is 6.92 Å². The Bertz CT molecular complexity index is 1080. The van der Waals surface area contributed by atoms with Crippen molar-refractivity contribution in [1.82, 2.24) is 9.90 Å². The molecular weight excluding hydrogens is 336 g/mol. The van der Waals surface area contributed by atoms with E-state index in [0.717, 1.165) is 0 Å². The van der Waals surface area contributed by atoms with Gasteiger partial charge in [-0.15, -0.1) is 4.68 Å². The van der Waals surface area contributed by atoms with Crippen LogP contribution in [0.5, 0.6) is 0 Å². The normalized spacial score (nSPS) is 12.7. The Hall–Kier alpha value is -3.68. The number of benzene rings is 2. The number of nitro groups is 1. The van der Waals surface area contributed by atoms with Crippen LogP contribution in [-0.4, -0.2) is 26.4 Å². The van der Waals surface area contributed by atoms with E-state index in [1.165, 1.54) is 33.6 Å². The van der Waals surface area contributed by atoms with Crippen molar-refractivity contribution < 1.29 is 19.2 Å². The summed E-state index contributed by atoms with van der Waals surface area (Å²) in [5, 5.41) is 15.2. The Balaban J connectivity index is 1.94. The van der Waals surface area contributed by atoms with Gasteiger partial charge in [0.15, 0.2) is 5.69 Å². The lowest BCUT2D eigenvalue weighted by molar-refractivity contribution is -0.753. The molecule has 1 aromatic heterocycles. The zero-order valence-electron chi connectivity index (χ0n) is 13.7. The highest BCUT2D eigenvalue weighted by Crippen LogP contribution is 2.27. The Kier molecular flexibility index (Phi) is 3.47. The first-order chi connectivity index (χ1) is 12.5. The fraction of sp³-hybridized carbons (Fsp3) is 0.111. The molecule has 0 amide bonds. The molecule has 1 aliphatic rings. The van der Waals surface area contributed by atoms with Gasteiger partial charge in [-0.3, -0.25) is 19.7 Å². The fourth-order valence-electron chi connectivity index (χ4n) is 3.10. The Morgan fingerprint density at radius 2 is 1.65 bits per heavy atom. The summed E-state index contributed by atoms with van der Waals surface area (Å²) in [6.45, 7) is 2.23. The molecule has 4 rings (SSSR count). The van der Waals surface area contributed by atoms with Crippen LogP contribution in [0, 0.1) is 10.1 Å². The molecule has 8 heteroatoms. The van der Waals surface area contributed by atoms with Crippen molar-refractivity contribution in [2.45, 2.75) is 13.5 Å². The van der Waals surface area contributed by atoms with E-state index in [4.69, 9.17) is 0 Å². The van der Waals surface area contributed by atoms with Crippen LogP contribution in [0.4, 0.5) is 5.69 Å². The molecule has 8 nitrogen and oxygen atoms in total. The molecule has 128 valence electrons. The van der Waals surface area contributed by atoms with Crippen LogP contribution in [0.3, 0.4) is 0 Å². The smallest absolute Gasteiger partial charge is 0.269 e. The van der Waals surface area contributed by atoms with E-state index in [9.17, 15) is 19.7 Å². The minimum atomic E-state index is -0.501. The predicted molar refractivity (Wildman–Crippen MR) is 89.4 cm³/mol. The van der Waals surface area contributed by atoms with Crippen LogP contribution < -0.4 is 4.68 Å². The maximum atomic E-state index is 13.0. The highest BCUT2D eigenvalue weighted by molar-refractivity contribution is 6.26. The van der Waals surface area contributed by atoms with E-state index in [1.54, 1.807) is 24.3 Å². The third-order valence-electron chi connectivity index (χ3n) is 4.34. The number of rotatable bonds is 3. The van der Waals surface area contributed by atoms with Crippen molar-refractivity contribution in [3.63, 3.8) is 0 Å². The summed E-state index contributed by atoms with van der Waals surface area (Å²) in [4.78, 5) is 36.3. The Morgan fingerprint density at radius 1 is 1.04 bits per heavy atom. The number of fused-ring (bicyclic) bond motifs is 2. The van der Waals surface area contributed by atoms with Crippen LogP contribution in [0.15, 0.2) is 48.5 Å². The third-order valence-corrected chi connectivity index (χ3v) is 4.34. The molecule has 0 radical (unpaired) electrons. The van der Waals surface area contributed by atoms with Gasteiger partial charge in [0.2, 0.25) is 17.3 Å². The summed E-state index contributed by atoms with van der Waals surface area (Å²) in [7, 11) is 0. The summed E-state index contributed by atoms with van der Waals surface area (Å²) >= 11 is 0. The summed E-state index contributed by atoms with van der Waals surface area (Å²) in [5.41, 5.74) is 1.50. The van der Waals surface area contributed by atoms with Gasteiger partial charge >= 0.3 is 0 Å².